The van der Waals surface area contributed by atoms with Crippen molar-refractivity contribution < 1.29 is 0 Å². The first kappa shape index (κ1) is 30.5. The SMILES string of the molecule is Cc1cc2cc([C@H](C)N)c(-c3ccccn3)nc2s1.Cc1cc2cc([C@H](C)Nc3ncnc4nc[nH]c34)c(-c3ccccn3)nc2s1. The van der Waals surface area contributed by atoms with Crippen molar-refractivity contribution >= 4 is 60.1 Å². The molecule has 8 heterocycles. The molecular formula is C35H32N10S2. The van der Waals surface area contributed by atoms with E-state index in [4.69, 9.17) is 15.7 Å². The first-order chi connectivity index (χ1) is 22.8. The molecule has 47 heavy (non-hydrogen) atoms. The smallest absolute Gasteiger partial charge is 0.182 e. The van der Waals surface area contributed by atoms with Crippen molar-refractivity contribution in [2.75, 3.05) is 5.32 Å². The minimum atomic E-state index is -0.0610. The van der Waals surface area contributed by atoms with Crippen LogP contribution in [0.5, 0.6) is 0 Å². The largest absolute Gasteiger partial charge is 0.362 e. The van der Waals surface area contributed by atoms with E-state index >= 15 is 0 Å². The standard InChI is InChI=1S/C20H17N7S.C15H15N3S/c1-11-7-13-8-14(16(27-20(13)28-11)15-5-3-4-6-21-15)12(2)26-19-17-18(23-9-22-17)24-10-25-19;1-9-7-11-8-12(10(2)16)14(18-15(11)19-9)13-5-3-4-6-17-13/h3-10,12H,1-2H3,(H2,22,23,24,25,26);3-8,10H,16H2,1-2H3/t12-;10-/m00/s1. The van der Waals surface area contributed by atoms with Crippen LogP contribution >= 0.6 is 22.7 Å². The zero-order valence-electron chi connectivity index (χ0n) is 26.3. The fourth-order valence-corrected chi connectivity index (χ4v) is 7.21. The van der Waals surface area contributed by atoms with E-state index in [9.17, 15) is 0 Å². The summed E-state index contributed by atoms with van der Waals surface area (Å²) in [5.41, 5.74) is 13.1. The van der Waals surface area contributed by atoms with Crippen LogP contribution in [0.3, 0.4) is 0 Å². The zero-order chi connectivity index (χ0) is 32.5. The highest BCUT2D eigenvalue weighted by molar-refractivity contribution is 7.18. The fraction of sp³-hybridized carbons (Fsp3) is 0.171. The number of anilines is 1. The Balaban J connectivity index is 0.000000161. The van der Waals surface area contributed by atoms with Crippen LogP contribution in [0, 0.1) is 13.8 Å². The molecule has 2 atom stereocenters. The molecular weight excluding hydrogens is 625 g/mol. The first-order valence-corrected chi connectivity index (χ1v) is 16.8. The van der Waals surface area contributed by atoms with E-state index in [1.807, 2.05) is 43.3 Å². The number of imidazole rings is 1. The minimum Gasteiger partial charge on any atom is -0.362 e. The molecule has 4 N–H and O–H groups in total. The molecule has 0 bridgehead atoms. The normalized spacial score (nSPS) is 12.6. The summed E-state index contributed by atoms with van der Waals surface area (Å²) in [7, 11) is 0. The highest BCUT2D eigenvalue weighted by Gasteiger charge is 2.19. The van der Waals surface area contributed by atoms with Gasteiger partial charge in [-0.2, -0.15) is 0 Å². The number of fused-ring (bicyclic) bond motifs is 3. The van der Waals surface area contributed by atoms with E-state index < -0.39 is 0 Å². The van der Waals surface area contributed by atoms with Gasteiger partial charge in [-0.05, 0) is 81.8 Å². The van der Waals surface area contributed by atoms with E-state index in [0.29, 0.717) is 11.5 Å². The Morgan fingerprint density at radius 2 is 1.32 bits per heavy atom. The topological polar surface area (TPSA) is 144 Å². The van der Waals surface area contributed by atoms with Crippen molar-refractivity contribution in [1.82, 2.24) is 39.9 Å². The van der Waals surface area contributed by atoms with Crippen molar-refractivity contribution in [1.29, 1.82) is 0 Å². The number of aryl methyl sites for hydroxylation is 2. The number of hydrogen-bond donors (Lipinski definition) is 3. The van der Waals surface area contributed by atoms with Gasteiger partial charge in [-0.25, -0.2) is 24.9 Å². The molecule has 234 valence electrons. The van der Waals surface area contributed by atoms with Crippen molar-refractivity contribution in [3.05, 3.63) is 107 Å². The van der Waals surface area contributed by atoms with Gasteiger partial charge < -0.3 is 16.0 Å². The van der Waals surface area contributed by atoms with Crippen molar-refractivity contribution in [2.45, 2.75) is 39.8 Å². The Labute approximate surface area is 279 Å². The molecule has 0 radical (unpaired) electrons. The molecule has 0 amide bonds. The Morgan fingerprint density at radius 1 is 0.723 bits per heavy atom. The zero-order valence-corrected chi connectivity index (χ0v) is 27.9. The van der Waals surface area contributed by atoms with Gasteiger partial charge in [0.15, 0.2) is 11.5 Å². The molecule has 0 fully saturated rings. The quantitative estimate of drug-likeness (QED) is 0.161. The maximum absolute atomic E-state index is 6.09. The lowest BCUT2D eigenvalue weighted by Gasteiger charge is -2.18. The van der Waals surface area contributed by atoms with Gasteiger partial charge in [-0.15, -0.1) is 22.7 Å². The van der Waals surface area contributed by atoms with Gasteiger partial charge in [0.2, 0.25) is 0 Å². The molecule has 0 unspecified atom stereocenters. The van der Waals surface area contributed by atoms with Crippen LogP contribution in [0.2, 0.25) is 0 Å². The molecule has 0 spiro atoms. The molecule has 8 aromatic heterocycles. The van der Waals surface area contributed by atoms with Crippen molar-refractivity contribution in [3.8, 4) is 22.8 Å². The summed E-state index contributed by atoms with van der Waals surface area (Å²) < 4.78 is 0. The van der Waals surface area contributed by atoms with Gasteiger partial charge in [0, 0.05) is 44.5 Å². The number of nitrogens with two attached hydrogens (primary N) is 1. The second-order valence-electron chi connectivity index (χ2n) is 11.3. The second-order valence-corrected chi connectivity index (χ2v) is 13.7. The number of hydrogen-bond acceptors (Lipinski definition) is 11. The summed E-state index contributed by atoms with van der Waals surface area (Å²) in [4.78, 5) is 39.1. The predicted molar refractivity (Wildman–Crippen MR) is 191 cm³/mol. The van der Waals surface area contributed by atoms with Gasteiger partial charge in [-0.3, -0.25) is 9.97 Å². The molecule has 0 aliphatic heterocycles. The highest BCUT2D eigenvalue weighted by Crippen LogP contribution is 2.34. The summed E-state index contributed by atoms with van der Waals surface area (Å²) in [6, 6.07) is 20.3. The molecule has 0 saturated heterocycles. The van der Waals surface area contributed by atoms with Gasteiger partial charge in [0.25, 0.3) is 0 Å². The summed E-state index contributed by atoms with van der Waals surface area (Å²) in [6.45, 7) is 8.27. The Bertz CT molecular complexity index is 2310. The monoisotopic (exact) mass is 656 g/mol. The van der Waals surface area contributed by atoms with Gasteiger partial charge >= 0.3 is 0 Å². The van der Waals surface area contributed by atoms with Gasteiger partial charge in [0.1, 0.15) is 21.5 Å². The van der Waals surface area contributed by atoms with Crippen molar-refractivity contribution in [3.63, 3.8) is 0 Å². The van der Waals surface area contributed by atoms with Crippen molar-refractivity contribution in [2.24, 2.45) is 5.73 Å². The Kier molecular flexibility index (Phi) is 8.37. The number of rotatable bonds is 6. The lowest BCUT2D eigenvalue weighted by molar-refractivity contribution is 0.816. The third-order valence-electron chi connectivity index (χ3n) is 7.67. The van der Waals surface area contributed by atoms with E-state index in [1.54, 1.807) is 41.4 Å². The van der Waals surface area contributed by atoms with Crippen LogP contribution in [-0.4, -0.2) is 39.9 Å². The summed E-state index contributed by atoms with van der Waals surface area (Å²) in [6.07, 6.45) is 6.71. The summed E-state index contributed by atoms with van der Waals surface area (Å²) in [5.74, 6) is 0.712. The molecule has 0 aliphatic rings. The molecule has 0 aromatic carbocycles. The number of H-pyrrole nitrogens is 1. The molecule has 12 heteroatoms. The lowest BCUT2D eigenvalue weighted by Crippen LogP contribution is -2.11. The van der Waals surface area contributed by atoms with Gasteiger partial charge in [0.05, 0.1) is 35.1 Å². The third kappa shape index (κ3) is 6.30. The minimum absolute atomic E-state index is 0.0458. The molecule has 8 rings (SSSR count). The molecule has 10 nitrogen and oxygen atoms in total. The second kappa shape index (κ2) is 12.9. The number of aromatic nitrogens is 8. The van der Waals surface area contributed by atoms with Crippen LogP contribution < -0.4 is 11.1 Å². The van der Waals surface area contributed by atoms with Crippen LogP contribution in [0.15, 0.2) is 85.7 Å². The maximum Gasteiger partial charge on any atom is 0.182 e. The number of aromatic amines is 1. The van der Waals surface area contributed by atoms with E-state index in [0.717, 1.165) is 59.9 Å². The Hall–Kier alpha value is -5.17. The number of nitrogens with one attached hydrogen (secondary N) is 2. The molecule has 0 aliphatic carbocycles. The summed E-state index contributed by atoms with van der Waals surface area (Å²) >= 11 is 3.40. The van der Waals surface area contributed by atoms with Crippen LogP contribution in [0.4, 0.5) is 5.82 Å². The fourth-order valence-electron chi connectivity index (χ4n) is 5.48. The van der Waals surface area contributed by atoms with E-state index in [-0.39, 0.29) is 12.1 Å². The van der Waals surface area contributed by atoms with E-state index in [2.05, 4.69) is 80.3 Å². The number of nitrogens with zero attached hydrogens (tertiary/aromatic N) is 7. The summed E-state index contributed by atoms with van der Waals surface area (Å²) in [5, 5.41) is 5.78. The first-order valence-electron chi connectivity index (χ1n) is 15.1. The number of thiophene rings is 2. The molecule has 0 saturated carbocycles. The van der Waals surface area contributed by atoms with Crippen LogP contribution in [0.1, 0.15) is 46.8 Å². The predicted octanol–water partition coefficient (Wildman–Crippen LogP) is 8.19. The average molecular weight is 657 g/mol. The highest BCUT2D eigenvalue weighted by atomic mass is 32.1. The lowest BCUT2D eigenvalue weighted by atomic mass is 10.0. The van der Waals surface area contributed by atoms with Crippen LogP contribution in [0.25, 0.3) is 54.4 Å². The third-order valence-corrected chi connectivity index (χ3v) is 9.59. The maximum atomic E-state index is 6.09. The molecule has 8 aromatic rings. The van der Waals surface area contributed by atoms with Crippen LogP contribution in [-0.2, 0) is 0 Å². The van der Waals surface area contributed by atoms with Gasteiger partial charge in [-0.1, -0.05) is 12.1 Å². The average Bonchev–Trinajstić information content (AvgIpc) is 3.81. The van der Waals surface area contributed by atoms with E-state index in [1.165, 1.54) is 16.1 Å². The number of pyridine rings is 4. The Morgan fingerprint density at radius 3 is 1.89 bits per heavy atom.